The summed E-state index contributed by atoms with van der Waals surface area (Å²) < 4.78 is 10.3. The molecule has 0 unspecified atom stereocenters. The molecule has 20 heavy (non-hydrogen) atoms. The second-order valence-electron chi connectivity index (χ2n) is 4.30. The van der Waals surface area contributed by atoms with Crippen molar-refractivity contribution in [1.29, 1.82) is 0 Å². The Hall–Kier alpha value is -1.71. The van der Waals surface area contributed by atoms with Crippen LogP contribution in [0.2, 0.25) is 0 Å². The first-order valence-electron chi connectivity index (χ1n) is 6.28. The number of ether oxygens (including phenoxy) is 2. The van der Waals surface area contributed by atoms with E-state index in [-0.39, 0.29) is 12.4 Å². The molecule has 0 saturated heterocycles. The van der Waals surface area contributed by atoms with Gasteiger partial charge in [-0.3, -0.25) is 0 Å². The summed E-state index contributed by atoms with van der Waals surface area (Å²) in [5, 5.41) is 3.41. The van der Waals surface area contributed by atoms with Crippen LogP contribution in [0.4, 0.5) is 0 Å². The summed E-state index contributed by atoms with van der Waals surface area (Å²) in [5.41, 5.74) is 2.49. The van der Waals surface area contributed by atoms with E-state index in [4.69, 9.17) is 9.47 Å². The van der Waals surface area contributed by atoms with Crippen LogP contribution in [0.15, 0.2) is 48.5 Å². The van der Waals surface area contributed by atoms with E-state index in [1.54, 1.807) is 14.2 Å². The zero-order valence-electron chi connectivity index (χ0n) is 11.8. The van der Waals surface area contributed by atoms with E-state index in [1.807, 2.05) is 24.3 Å². The van der Waals surface area contributed by atoms with Gasteiger partial charge < -0.3 is 14.8 Å². The van der Waals surface area contributed by atoms with Crippen LogP contribution < -0.4 is 14.8 Å². The Morgan fingerprint density at radius 3 is 1.35 bits per heavy atom. The first-order chi connectivity index (χ1) is 9.31. The highest BCUT2D eigenvalue weighted by atomic mass is 35.5. The van der Waals surface area contributed by atoms with Crippen LogP contribution in [0.5, 0.6) is 11.5 Å². The largest absolute Gasteiger partial charge is 0.497 e. The average molecular weight is 294 g/mol. The molecular weight excluding hydrogens is 274 g/mol. The zero-order valence-corrected chi connectivity index (χ0v) is 12.6. The maximum absolute atomic E-state index is 5.13. The van der Waals surface area contributed by atoms with Gasteiger partial charge in [-0.2, -0.15) is 0 Å². The number of halogens is 1. The third-order valence-corrected chi connectivity index (χ3v) is 2.98. The lowest BCUT2D eigenvalue weighted by atomic mass is 10.2. The van der Waals surface area contributed by atoms with Crippen LogP contribution >= 0.6 is 12.4 Å². The van der Waals surface area contributed by atoms with Crippen LogP contribution in [0, 0.1) is 0 Å². The molecule has 2 rings (SSSR count). The summed E-state index contributed by atoms with van der Waals surface area (Å²) >= 11 is 0. The Kier molecular flexibility index (Phi) is 6.91. The maximum Gasteiger partial charge on any atom is 0.118 e. The normalized spacial score (nSPS) is 9.70. The molecule has 0 heterocycles. The van der Waals surface area contributed by atoms with Gasteiger partial charge in [-0.1, -0.05) is 24.3 Å². The van der Waals surface area contributed by atoms with Crippen molar-refractivity contribution in [2.75, 3.05) is 14.2 Å². The van der Waals surface area contributed by atoms with E-state index in [1.165, 1.54) is 11.1 Å². The van der Waals surface area contributed by atoms with Gasteiger partial charge >= 0.3 is 0 Å². The van der Waals surface area contributed by atoms with Crippen LogP contribution in [-0.2, 0) is 13.1 Å². The number of nitrogens with one attached hydrogen (secondary N) is 1. The monoisotopic (exact) mass is 293 g/mol. The predicted molar refractivity (Wildman–Crippen MR) is 83.8 cm³/mol. The lowest BCUT2D eigenvalue weighted by Gasteiger charge is -2.07. The minimum Gasteiger partial charge on any atom is -0.497 e. The van der Waals surface area contributed by atoms with Crippen LogP contribution in [0.25, 0.3) is 0 Å². The van der Waals surface area contributed by atoms with Crippen LogP contribution in [0.1, 0.15) is 11.1 Å². The molecule has 0 aromatic heterocycles. The van der Waals surface area contributed by atoms with Gasteiger partial charge in [-0.25, -0.2) is 0 Å². The Morgan fingerprint density at radius 2 is 1.05 bits per heavy atom. The Bertz CT molecular complexity index is 449. The van der Waals surface area contributed by atoms with Crippen LogP contribution in [0.3, 0.4) is 0 Å². The molecule has 2 aromatic rings. The van der Waals surface area contributed by atoms with Gasteiger partial charge in [0.15, 0.2) is 0 Å². The topological polar surface area (TPSA) is 30.5 Å². The number of hydrogen-bond acceptors (Lipinski definition) is 3. The van der Waals surface area contributed by atoms with E-state index in [2.05, 4.69) is 29.6 Å². The molecule has 0 bridgehead atoms. The van der Waals surface area contributed by atoms with Gasteiger partial charge in [-0.15, -0.1) is 12.4 Å². The highest BCUT2D eigenvalue weighted by Crippen LogP contribution is 2.12. The lowest BCUT2D eigenvalue weighted by molar-refractivity contribution is 0.414. The first-order valence-corrected chi connectivity index (χ1v) is 6.28. The van der Waals surface area contributed by atoms with E-state index in [9.17, 15) is 0 Å². The summed E-state index contributed by atoms with van der Waals surface area (Å²) in [6, 6.07) is 16.2. The first kappa shape index (κ1) is 16.3. The summed E-state index contributed by atoms with van der Waals surface area (Å²) in [6.07, 6.45) is 0. The van der Waals surface area contributed by atoms with Crippen molar-refractivity contribution in [2.24, 2.45) is 0 Å². The second kappa shape index (κ2) is 8.46. The molecule has 0 atom stereocenters. The summed E-state index contributed by atoms with van der Waals surface area (Å²) in [6.45, 7) is 1.69. The maximum atomic E-state index is 5.13. The molecule has 0 amide bonds. The van der Waals surface area contributed by atoms with Gasteiger partial charge in [0.2, 0.25) is 0 Å². The number of benzene rings is 2. The molecular formula is C16H20ClNO2. The van der Waals surface area contributed by atoms with Crippen molar-refractivity contribution in [2.45, 2.75) is 13.1 Å². The molecule has 108 valence electrons. The lowest BCUT2D eigenvalue weighted by Crippen LogP contribution is -2.12. The average Bonchev–Trinajstić information content (AvgIpc) is 2.49. The number of methoxy groups -OCH3 is 2. The summed E-state index contributed by atoms with van der Waals surface area (Å²) in [5.74, 6) is 1.78. The van der Waals surface area contributed by atoms with Crippen molar-refractivity contribution in [1.82, 2.24) is 5.32 Å². The molecule has 0 aliphatic heterocycles. The minimum absolute atomic E-state index is 0. The van der Waals surface area contributed by atoms with Crippen molar-refractivity contribution >= 4 is 12.4 Å². The molecule has 3 nitrogen and oxygen atoms in total. The van der Waals surface area contributed by atoms with E-state index >= 15 is 0 Å². The SMILES string of the molecule is COc1ccc(CNCc2ccc(OC)cc2)cc1.Cl. The van der Waals surface area contributed by atoms with Gasteiger partial charge in [0.05, 0.1) is 14.2 Å². The van der Waals surface area contributed by atoms with Gasteiger partial charge in [-0.05, 0) is 35.4 Å². The van der Waals surface area contributed by atoms with Crippen molar-refractivity contribution < 1.29 is 9.47 Å². The van der Waals surface area contributed by atoms with Crippen molar-refractivity contribution in [3.05, 3.63) is 59.7 Å². The van der Waals surface area contributed by atoms with Crippen molar-refractivity contribution in [3.8, 4) is 11.5 Å². The highest BCUT2D eigenvalue weighted by molar-refractivity contribution is 5.85. The molecule has 0 fully saturated rings. The number of rotatable bonds is 6. The molecule has 0 spiro atoms. The molecule has 0 radical (unpaired) electrons. The Morgan fingerprint density at radius 1 is 0.700 bits per heavy atom. The Labute approximate surface area is 126 Å². The molecule has 0 saturated carbocycles. The van der Waals surface area contributed by atoms with Gasteiger partial charge in [0, 0.05) is 13.1 Å². The van der Waals surface area contributed by atoms with Gasteiger partial charge in [0.1, 0.15) is 11.5 Å². The third-order valence-electron chi connectivity index (χ3n) is 2.98. The van der Waals surface area contributed by atoms with E-state index in [0.717, 1.165) is 24.6 Å². The fourth-order valence-electron chi connectivity index (χ4n) is 1.84. The smallest absolute Gasteiger partial charge is 0.118 e. The standard InChI is InChI=1S/C16H19NO2.ClH/c1-18-15-7-3-13(4-8-15)11-17-12-14-5-9-16(19-2)10-6-14;/h3-10,17H,11-12H2,1-2H3;1H. The third kappa shape index (κ3) is 4.76. The second-order valence-corrected chi connectivity index (χ2v) is 4.30. The van der Waals surface area contributed by atoms with E-state index < -0.39 is 0 Å². The fourth-order valence-corrected chi connectivity index (χ4v) is 1.84. The zero-order chi connectivity index (χ0) is 13.5. The fraction of sp³-hybridized carbons (Fsp3) is 0.250. The molecule has 0 aliphatic carbocycles. The molecule has 2 aromatic carbocycles. The quantitative estimate of drug-likeness (QED) is 0.885. The van der Waals surface area contributed by atoms with Gasteiger partial charge in [0.25, 0.3) is 0 Å². The molecule has 1 N–H and O–H groups in total. The Balaban J connectivity index is 0.00000200. The number of hydrogen-bond donors (Lipinski definition) is 1. The highest BCUT2D eigenvalue weighted by Gasteiger charge is 1.96. The summed E-state index contributed by atoms with van der Waals surface area (Å²) in [7, 11) is 3.36. The minimum atomic E-state index is 0. The predicted octanol–water partition coefficient (Wildman–Crippen LogP) is 3.42. The van der Waals surface area contributed by atoms with E-state index in [0.29, 0.717) is 0 Å². The van der Waals surface area contributed by atoms with Crippen molar-refractivity contribution in [3.63, 3.8) is 0 Å². The molecule has 0 aliphatic rings. The molecule has 4 heteroatoms. The summed E-state index contributed by atoms with van der Waals surface area (Å²) in [4.78, 5) is 0. The van der Waals surface area contributed by atoms with Crippen LogP contribution in [-0.4, -0.2) is 14.2 Å².